The summed E-state index contributed by atoms with van der Waals surface area (Å²) in [7, 11) is 1.93. The first-order valence-corrected chi connectivity index (χ1v) is 15.0. The minimum Gasteiger partial charge on any atom is -0.386 e. The van der Waals surface area contributed by atoms with Crippen LogP contribution in [0.4, 0.5) is 0 Å². The normalized spacial score (nSPS) is 18.5. The maximum absolute atomic E-state index is 4.33. The number of allylic oxidation sites excluding steroid dienone is 3. The molecule has 1 aliphatic heterocycles. The van der Waals surface area contributed by atoms with Crippen LogP contribution in [-0.2, 0) is 13.0 Å². The zero-order chi connectivity index (χ0) is 29.1. The maximum atomic E-state index is 4.33. The van der Waals surface area contributed by atoms with Gasteiger partial charge in [0, 0.05) is 33.0 Å². The lowest BCUT2D eigenvalue weighted by Crippen LogP contribution is -2.42. The molecule has 3 nitrogen and oxygen atoms in total. The quantitative estimate of drug-likeness (QED) is 0.157. The van der Waals surface area contributed by atoms with Crippen LogP contribution in [0.15, 0.2) is 86.3 Å². The predicted octanol–water partition coefficient (Wildman–Crippen LogP) is 8.24. The maximum Gasteiger partial charge on any atom is 0.204 e. The Morgan fingerprint density at radius 1 is 1.07 bits per heavy atom. The van der Waals surface area contributed by atoms with Gasteiger partial charge in [-0.1, -0.05) is 62.0 Å². The molecule has 40 heavy (non-hydrogen) atoms. The van der Waals surface area contributed by atoms with E-state index in [0.29, 0.717) is 0 Å². The van der Waals surface area contributed by atoms with E-state index in [0.717, 1.165) is 37.4 Å². The number of nitrogens with zero attached hydrogens (tertiary/aromatic N) is 2. The van der Waals surface area contributed by atoms with Crippen molar-refractivity contribution in [1.29, 1.82) is 0 Å². The average Bonchev–Trinajstić information content (AvgIpc) is 3.17. The molecule has 0 bridgehead atoms. The molecule has 1 aliphatic rings. The molecule has 0 saturated carbocycles. The number of benzene rings is 2. The Morgan fingerprint density at radius 2 is 1.80 bits per heavy atom. The number of hydrogen-bond donors (Lipinski definition) is 1. The highest BCUT2D eigenvalue weighted by molar-refractivity contribution is 5.84. The number of likely N-dealkylation sites (tertiary alicyclic amines) is 1. The fraction of sp³-hybridized carbons (Fsp3) is 0.432. The SMILES string of the molecule is C=CCCC(C)(C(=C)NC)[N+](C=C)=C/C=C(/Cc1ccc(CN2CCCC(C)CC2)cc1)c1cccc(C)c1C. The van der Waals surface area contributed by atoms with E-state index in [1.807, 2.05) is 19.3 Å². The minimum atomic E-state index is -0.319. The molecule has 214 valence electrons. The second-order valence-corrected chi connectivity index (χ2v) is 11.8. The third-order valence-corrected chi connectivity index (χ3v) is 8.87. The number of likely N-dealkylation sites (N-methyl/N-ethyl adjacent to an activating group) is 1. The van der Waals surface area contributed by atoms with E-state index >= 15 is 0 Å². The summed E-state index contributed by atoms with van der Waals surface area (Å²) < 4.78 is 2.19. The largest absolute Gasteiger partial charge is 0.386 e. The van der Waals surface area contributed by atoms with Gasteiger partial charge in [-0.25, -0.2) is 0 Å². The van der Waals surface area contributed by atoms with Crippen LogP contribution in [0, 0.1) is 19.8 Å². The number of nitrogens with one attached hydrogen (secondary N) is 1. The molecule has 0 spiro atoms. The Bertz CT molecular complexity index is 1220. The lowest BCUT2D eigenvalue weighted by atomic mass is 9.90. The van der Waals surface area contributed by atoms with Crippen molar-refractivity contribution >= 4 is 11.8 Å². The molecular formula is C37H52N3+. The van der Waals surface area contributed by atoms with Gasteiger partial charge in [-0.2, -0.15) is 4.58 Å². The van der Waals surface area contributed by atoms with Gasteiger partial charge in [0.05, 0.1) is 5.70 Å². The van der Waals surface area contributed by atoms with Gasteiger partial charge in [-0.15, -0.1) is 6.58 Å². The van der Waals surface area contributed by atoms with Gasteiger partial charge in [-0.05, 0) is 105 Å². The Kier molecular flexibility index (Phi) is 11.8. The Hall–Kier alpha value is -3.17. The summed E-state index contributed by atoms with van der Waals surface area (Å²) in [5, 5.41) is 3.28. The van der Waals surface area contributed by atoms with Gasteiger partial charge in [-0.3, -0.25) is 4.90 Å². The highest BCUT2D eigenvalue weighted by Crippen LogP contribution is 2.27. The molecular weight excluding hydrogens is 486 g/mol. The molecule has 2 aromatic rings. The molecule has 0 aromatic heterocycles. The molecule has 1 N–H and O–H groups in total. The standard InChI is InChI=1S/C37H52N3/c1-9-11-23-37(7,32(6)38-8)40(10-2)26-22-35(36-16-12-15-30(4)31(36)5)27-33-17-19-34(20-18-33)28-39-24-13-14-29(3)21-25-39/h9-10,12,15-20,22,26,29,38H,1-2,6,11,13-14,21,23-25,27-28H2,3-5,7-8H3/q+1/b35-22-,40-26?. The molecule has 3 heteroatoms. The number of hydrogen-bond acceptors (Lipinski definition) is 2. The summed E-state index contributed by atoms with van der Waals surface area (Å²) in [6, 6.07) is 15.9. The van der Waals surface area contributed by atoms with Crippen molar-refractivity contribution in [2.75, 3.05) is 20.1 Å². The van der Waals surface area contributed by atoms with Crippen LogP contribution in [0.3, 0.4) is 0 Å². The fourth-order valence-electron chi connectivity index (χ4n) is 5.75. The highest BCUT2D eigenvalue weighted by atomic mass is 15.1. The fourth-order valence-corrected chi connectivity index (χ4v) is 5.75. The van der Waals surface area contributed by atoms with E-state index in [9.17, 15) is 0 Å². The second kappa shape index (κ2) is 15.0. The predicted molar refractivity (Wildman–Crippen MR) is 175 cm³/mol. The van der Waals surface area contributed by atoms with Crippen LogP contribution < -0.4 is 5.32 Å². The van der Waals surface area contributed by atoms with Crippen molar-refractivity contribution in [2.24, 2.45) is 5.92 Å². The van der Waals surface area contributed by atoms with Crippen molar-refractivity contribution < 1.29 is 4.58 Å². The number of aryl methyl sites for hydroxylation is 1. The summed E-state index contributed by atoms with van der Waals surface area (Å²) in [5.74, 6) is 0.854. The monoisotopic (exact) mass is 538 g/mol. The molecule has 1 fully saturated rings. The van der Waals surface area contributed by atoms with Gasteiger partial charge in [0.1, 0.15) is 0 Å². The van der Waals surface area contributed by atoms with E-state index in [2.05, 4.69) is 117 Å². The first-order valence-electron chi connectivity index (χ1n) is 15.0. The van der Waals surface area contributed by atoms with Crippen LogP contribution in [0.25, 0.3) is 5.57 Å². The van der Waals surface area contributed by atoms with Crippen LogP contribution in [0.1, 0.15) is 73.8 Å². The molecule has 1 heterocycles. The Balaban J connectivity index is 1.93. The smallest absolute Gasteiger partial charge is 0.204 e. The van der Waals surface area contributed by atoms with E-state index < -0.39 is 0 Å². The zero-order valence-corrected chi connectivity index (χ0v) is 25.8. The molecule has 0 radical (unpaired) electrons. The Morgan fingerprint density at radius 3 is 2.48 bits per heavy atom. The van der Waals surface area contributed by atoms with Gasteiger partial charge in [0.2, 0.25) is 5.54 Å². The summed E-state index contributed by atoms with van der Waals surface area (Å²) >= 11 is 0. The summed E-state index contributed by atoms with van der Waals surface area (Å²) in [6.07, 6.45) is 15.0. The molecule has 0 amide bonds. The summed E-state index contributed by atoms with van der Waals surface area (Å²) in [6.45, 7) is 24.9. The van der Waals surface area contributed by atoms with Gasteiger partial charge in [0.25, 0.3) is 0 Å². The van der Waals surface area contributed by atoms with Crippen LogP contribution in [0.5, 0.6) is 0 Å². The average molecular weight is 539 g/mol. The van der Waals surface area contributed by atoms with Crippen LogP contribution in [0.2, 0.25) is 0 Å². The molecule has 3 rings (SSSR count). The molecule has 0 aliphatic carbocycles. The van der Waals surface area contributed by atoms with Crippen molar-refractivity contribution in [3.05, 3.63) is 114 Å². The van der Waals surface area contributed by atoms with Crippen LogP contribution >= 0.6 is 0 Å². The highest BCUT2D eigenvalue weighted by Gasteiger charge is 2.37. The summed E-state index contributed by atoms with van der Waals surface area (Å²) in [5.41, 5.74) is 8.60. The van der Waals surface area contributed by atoms with E-state index in [1.54, 1.807) is 0 Å². The van der Waals surface area contributed by atoms with Crippen molar-refractivity contribution in [1.82, 2.24) is 10.2 Å². The zero-order valence-electron chi connectivity index (χ0n) is 25.8. The second-order valence-electron chi connectivity index (χ2n) is 11.8. The third kappa shape index (κ3) is 8.17. The third-order valence-electron chi connectivity index (χ3n) is 8.87. The lowest BCUT2D eigenvalue weighted by molar-refractivity contribution is -0.529. The van der Waals surface area contributed by atoms with Gasteiger partial charge >= 0.3 is 0 Å². The molecule has 2 aromatic carbocycles. The summed E-state index contributed by atoms with van der Waals surface area (Å²) in [4.78, 5) is 2.63. The van der Waals surface area contributed by atoms with E-state index in [4.69, 9.17) is 0 Å². The van der Waals surface area contributed by atoms with E-state index in [-0.39, 0.29) is 5.54 Å². The first-order chi connectivity index (χ1) is 19.2. The topological polar surface area (TPSA) is 18.3 Å². The Labute approximate surface area is 244 Å². The van der Waals surface area contributed by atoms with E-state index in [1.165, 1.54) is 65.7 Å². The first kappa shape index (κ1) is 31.4. The lowest BCUT2D eigenvalue weighted by Gasteiger charge is -2.27. The molecule has 2 unspecified atom stereocenters. The van der Waals surface area contributed by atoms with Crippen LogP contribution in [-0.4, -0.2) is 41.4 Å². The van der Waals surface area contributed by atoms with Gasteiger partial charge in [0.15, 0.2) is 12.4 Å². The molecule has 1 saturated heterocycles. The van der Waals surface area contributed by atoms with Crippen molar-refractivity contribution in [3.8, 4) is 0 Å². The van der Waals surface area contributed by atoms with Crippen molar-refractivity contribution in [2.45, 2.75) is 78.3 Å². The molecule has 2 atom stereocenters. The minimum absolute atomic E-state index is 0.319. The number of rotatable bonds is 13. The van der Waals surface area contributed by atoms with Gasteiger partial charge < -0.3 is 5.32 Å². The van der Waals surface area contributed by atoms with Crippen molar-refractivity contribution in [3.63, 3.8) is 0 Å².